The van der Waals surface area contributed by atoms with Gasteiger partial charge in [-0.2, -0.15) is 0 Å². The number of alkyl carbamates (subject to hydrolysis) is 1. The zero-order chi connectivity index (χ0) is 33.3. The Morgan fingerprint density at radius 2 is 1.78 bits per heavy atom. The quantitative estimate of drug-likeness (QED) is 0.167. The first kappa shape index (κ1) is 34.7. The molecule has 2 aromatic rings. The van der Waals surface area contributed by atoms with Crippen molar-refractivity contribution in [2.45, 2.75) is 65.5 Å². The molecule has 3 rings (SSSR count). The van der Waals surface area contributed by atoms with Crippen molar-refractivity contribution in [1.29, 1.82) is 0 Å². The summed E-state index contributed by atoms with van der Waals surface area (Å²) in [6.07, 6.45) is 3.65. The first-order chi connectivity index (χ1) is 21.3. The van der Waals surface area contributed by atoms with Crippen LogP contribution in [0.1, 0.15) is 90.8 Å². The zero-order valence-electron chi connectivity index (χ0n) is 26.6. The highest BCUT2D eigenvalue weighted by molar-refractivity contribution is 6.01. The van der Waals surface area contributed by atoms with Crippen molar-refractivity contribution < 1.29 is 42.9 Å². The Hall–Kier alpha value is -4.74. The lowest BCUT2D eigenvalue weighted by Crippen LogP contribution is -2.45. The number of carbonyl (C=O) groups is 5. The Bertz CT molecular complexity index is 1440. The smallest absolute Gasteiger partial charge is 0.408 e. The summed E-state index contributed by atoms with van der Waals surface area (Å²) in [5.41, 5.74) is 0.150. The molecule has 1 heterocycles. The lowest BCUT2D eigenvalue weighted by atomic mass is 9.95. The summed E-state index contributed by atoms with van der Waals surface area (Å²) in [7, 11) is 1.45. The molecule has 45 heavy (non-hydrogen) atoms. The second kappa shape index (κ2) is 15.3. The zero-order valence-corrected chi connectivity index (χ0v) is 26.6. The molecule has 1 fully saturated rings. The van der Waals surface area contributed by atoms with Crippen LogP contribution in [0.25, 0.3) is 17.2 Å². The molecule has 1 aromatic carbocycles. The van der Waals surface area contributed by atoms with E-state index in [1.165, 1.54) is 25.3 Å². The number of pyridine rings is 1. The standard InChI is InChI=1S/C33H41N3O9/c1-8-21-14-22(17-37)24(15-27(21)42-7)23-11-12-25(29(38)34-16-20-9-10-20)35-28(23)31(40)44-18-43-30(39)26(13-19(2)3)36-32(41)45-33(4,5)6/h8,11-12,14-15,17,19-20,26H,1,9-10,13,16,18H2,2-7H3,(H,34,38)(H,36,41)/t26-/m0/s1. The van der Waals surface area contributed by atoms with Crippen LogP contribution in [0, 0.1) is 11.8 Å². The van der Waals surface area contributed by atoms with E-state index in [1.54, 1.807) is 32.9 Å². The summed E-state index contributed by atoms with van der Waals surface area (Å²) >= 11 is 0. The highest BCUT2D eigenvalue weighted by Crippen LogP contribution is 2.33. The minimum absolute atomic E-state index is 0.0112. The number of nitrogens with one attached hydrogen (secondary N) is 2. The van der Waals surface area contributed by atoms with Gasteiger partial charge in [0.2, 0.25) is 6.79 Å². The van der Waals surface area contributed by atoms with Crippen LogP contribution >= 0.6 is 0 Å². The minimum atomic E-state index is -1.06. The van der Waals surface area contributed by atoms with Crippen LogP contribution in [0.15, 0.2) is 30.8 Å². The maximum absolute atomic E-state index is 13.4. The Labute approximate surface area is 262 Å². The fraction of sp³-hybridized carbons (Fsp3) is 0.455. The second-order valence-corrected chi connectivity index (χ2v) is 12.1. The number of hydrogen-bond acceptors (Lipinski definition) is 10. The average molecular weight is 624 g/mol. The van der Waals surface area contributed by atoms with Gasteiger partial charge in [-0.1, -0.05) is 26.5 Å². The van der Waals surface area contributed by atoms with E-state index in [0.717, 1.165) is 12.8 Å². The van der Waals surface area contributed by atoms with Gasteiger partial charge >= 0.3 is 18.0 Å². The normalized spacial score (nSPS) is 13.3. The number of methoxy groups -OCH3 is 1. The molecule has 0 radical (unpaired) electrons. The monoisotopic (exact) mass is 623 g/mol. The van der Waals surface area contributed by atoms with Gasteiger partial charge in [-0.25, -0.2) is 19.4 Å². The number of ether oxygens (including phenoxy) is 4. The molecule has 0 saturated heterocycles. The van der Waals surface area contributed by atoms with Crippen molar-refractivity contribution >= 4 is 36.3 Å². The summed E-state index contributed by atoms with van der Waals surface area (Å²) in [5, 5.41) is 5.30. The van der Waals surface area contributed by atoms with E-state index in [0.29, 0.717) is 35.6 Å². The van der Waals surface area contributed by atoms with Crippen molar-refractivity contribution in [3.8, 4) is 16.9 Å². The van der Waals surface area contributed by atoms with Crippen LogP contribution < -0.4 is 15.4 Å². The summed E-state index contributed by atoms with van der Waals surface area (Å²) in [5.74, 6) is -1.51. The number of aromatic nitrogens is 1. The third kappa shape index (κ3) is 10.2. The molecule has 0 spiro atoms. The first-order valence-corrected chi connectivity index (χ1v) is 14.7. The third-order valence-electron chi connectivity index (χ3n) is 6.68. The van der Waals surface area contributed by atoms with E-state index in [1.807, 2.05) is 13.8 Å². The van der Waals surface area contributed by atoms with Gasteiger partial charge in [-0.3, -0.25) is 9.59 Å². The average Bonchev–Trinajstić information content (AvgIpc) is 3.81. The van der Waals surface area contributed by atoms with Gasteiger partial charge in [-0.15, -0.1) is 0 Å². The number of amides is 2. The molecule has 1 aliphatic rings. The maximum Gasteiger partial charge on any atom is 0.408 e. The molecule has 2 amide bonds. The number of esters is 2. The van der Waals surface area contributed by atoms with Crippen molar-refractivity contribution in [1.82, 2.24) is 15.6 Å². The second-order valence-electron chi connectivity index (χ2n) is 12.1. The topological polar surface area (TPSA) is 159 Å². The SMILES string of the molecule is C=Cc1cc(C=O)c(-c2ccc(C(=O)NCC3CC3)nc2C(=O)OCOC(=O)[C@H](CC(C)C)NC(=O)OC(C)(C)C)cc1OC. The van der Waals surface area contributed by atoms with Gasteiger partial charge in [0.05, 0.1) is 7.11 Å². The Morgan fingerprint density at radius 3 is 2.36 bits per heavy atom. The number of benzene rings is 1. The van der Waals surface area contributed by atoms with E-state index in [2.05, 4.69) is 22.2 Å². The lowest BCUT2D eigenvalue weighted by Gasteiger charge is -2.23. The van der Waals surface area contributed by atoms with E-state index >= 15 is 0 Å². The molecule has 1 aliphatic carbocycles. The van der Waals surface area contributed by atoms with Gasteiger partial charge < -0.3 is 29.6 Å². The van der Waals surface area contributed by atoms with Crippen LogP contribution in [-0.2, 0) is 19.0 Å². The molecule has 12 nitrogen and oxygen atoms in total. The van der Waals surface area contributed by atoms with Gasteiger partial charge in [0.1, 0.15) is 23.1 Å². The number of hydrogen-bond donors (Lipinski definition) is 2. The molecule has 242 valence electrons. The van der Waals surface area contributed by atoms with Crippen molar-refractivity contribution in [3.63, 3.8) is 0 Å². The predicted octanol–water partition coefficient (Wildman–Crippen LogP) is 4.95. The predicted molar refractivity (Wildman–Crippen MR) is 166 cm³/mol. The Morgan fingerprint density at radius 1 is 1.07 bits per heavy atom. The van der Waals surface area contributed by atoms with E-state index < -0.39 is 42.4 Å². The van der Waals surface area contributed by atoms with E-state index in [9.17, 15) is 24.0 Å². The van der Waals surface area contributed by atoms with Crippen molar-refractivity contribution in [3.05, 3.63) is 53.4 Å². The fourth-order valence-corrected chi connectivity index (χ4v) is 4.33. The molecule has 1 aromatic heterocycles. The summed E-state index contributed by atoms with van der Waals surface area (Å²) in [4.78, 5) is 67.7. The number of aldehydes is 1. The van der Waals surface area contributed by atoms with Crippen LogP contribution in [0.5, 0.6) is 5.75 Å². The van der Waals surface area contributed by atoms with Crippen LogP contribution in [0.2, 0.25) is 0 Å². The third-order valence-corrected chi connectivity index (χ3v) is 6.68. The molecule has 2 N–H and O–H groups in total. The van der Waals surface area contributed by atoms with Gasteiger partial charge in [0.15, 0.2) is 12.0 Å². The van der Waals surface area contributed by atoms with Crippen molar-refractivity contribution in [2.24, 2.45) is 11.8 Å². The molecular formula is C33H41N3O9. The summed E-state index contributed by atoms with van der Waals surface area (Å²) in [6.45, 7) is 12.2. The summed E-state index contributed by atoms with van der Waals surface area (Å²) in [6, 6.07) is 4.97. The molecule has 0 bridgehead atoms. The van der Waals surface area contributed by atoms with E-state index in [-0.39, 0.29) is 34.9 Å². The highest BCUT2D eigenvalue weighted by atomic mass is 16.7. The summed E-state index contributed by atoms with van der Waals surface area (Å²) < 4.78 is 21.1. The van der Waals surface area contributed by atoms with Gasteiger partial charge in [0.25, 0.3) is 5.91 Å². The largest absolute Gasteiger partial charge is 0.496 e. The number of nitrogens with zero attached hydrogens (tertiary/aromatic N) is 1. The fourth-order valence-electron chi connectivity index (χ4n) is 4.33. The van der Waals surface area contributed by atoms with Crippen molar-refractivity contribution in [2.75, 3.05) is 20.4 Å². The molecule has 1 saturated carbocycles. The Kier molecular flexibility index (Phi) is 11.8. The molecule has 12 heteroatoms. The number of rotatable bonds is 14. The molecule has 0 aliphatic heterocycles. The minimum Gasteiger partial charge on any atom is -0.496 e. The Balaban J connectivity index is 1.86. The lowest BCUT2D eigenvalue weighted by molar-refractivity contribution is -0.155. The van der Waals surface area contributed by atoms with Crippen LogP contribution in [0.3, 0.4) is 0 Å². The number of carbonyl (C=O) groups excluding carboxylic acids is 5. The van der Waals surface area contributed by atoms with Gasteiger partial charge in [-0.05, 0) is 81.7 Å². The van der Waals surface area contributed by atoms with Crippen LogP contribution in [0.4, 0.5) is 4.79 Å². The highest BCUT2D eigenvalue weighted by Gasteiger charge is 2.28. The molecule has 0 unspecified atom stereocenters. The van der Waals surface area contributed by atoms with Gasteiger partial charge in [0, 0.05) is 23.2 Å². The first-order valence-electron chi connectivity index (χ1n) is 14.7. The van der Waals surface area contributed by atoms with Crippen LogP contribution in [-0.4, -0.2) is 67.3 Å². The molecule has 1 atom stereocenters. The maximum atomic E-state index is 13.4. The molecular weight excluding hydrogens is 582 g/mol. The van der Waals surface area contributed by atoms with E-state index in [4.69, 9.17) is 18.9 Å².